The summed E-state index contributed by atoms with van der Waals surface area (Å²) in [7, 11) is 0. The highest BCUT2D eigenvalue weighted by Crippen LogP contribution is 2.54. The monoisotopic (exact) mass is 792 g/mol. The number of nitrogens with zero attached hydrogens (tertiary/aromatic N) is 2. The molecule has 0 saturated carbocycles. The van der Waals surface area contributed by atoms with Crippen LogP contribution in [0.2, 0.25) is 0 Å². The molecule has 10 aromatic carbocycles. The minimum atomic E-state index is -0.318. The number of benzene rings is 10. The average molecular weight is 793 g/mol. The highest BCUT2D eigenvalue weighted by Gasteiger charge is 2.28. The quantitative estimate of drug-likeness (QED) is 0.157. The molecule has 0 spiro atoms. The highest BCUT2D eigenvalue weighted by atomic mass is 19.1. The molecule has 0 N–H and O–H groups in total. The lowest BCUT2D eigenvalue weighted by molar-refractivity contribution is 0.493. The van der Waals surface area contributed by atoms with Gasteiger partial charge in [0, 0.05) is 60.5 Å². The largest absolute Gasteiger partial charge is 0.456 e. The third kappa shape index (κ3) is 4.98. The van der Waals surface area contributed by atoms with Crippen molar-refractivity contribution in [2.45, 2.75) is 0 Å². The number of ether oxygens (including phenoxy) is 1. The molecular weight excluding hydrogens is 763 g/mol. The van der Waals surface area contributed by atoms with Crippen LogP contribution in [0, 0.1) is 11.6 Å². The first kappa shape index (κ1) is 33.8. The van der Waals surface area contributed by atoms with Crippen molar-refractivity contribution in [3.63, 3.8) is 0 Å². The maximum atomic E-state index is 14.5. The molecule has 7 heteroatoms. The molecule has 0 radical (unpaired) electrons. The predicted molar refractivity (Wildman–Crippen MR) is 243 cm³/mol. The molecular formula is C54H30F2N2O3. The molecule has 5 nitrogen and oxygen atoms in total. The van der Waals surface area contributed by atoms with Crippen LogP contribution in [0.15, 0.2) is 191 Å². The summed E-state index contributed by atoms with van der Waals surface area (Å²) in [6.45, 7) is 0. The molecule has 0 amide bonds. The predicted octanol–water partition coefficient (Wildman–Crippen LogP) is 16.3. The summed E-state index contributed by atoms with van der Waals surface area (Å²) < 4.78 is 49.1. The topological polar surface area (TPSA) is 42.0 Å². The van der Waals surface area contributed by atoms with Gasteiger partial charge in [-0.25, -0.2) is 8.78 Å². The van der Waals surface area contributed by atoms with Gasteiger partial charge >= 0.3 is 0 Å². The van der Waals surface area contributed by atoms with Crippen molar-refractivity contribution in [1.82, 2.24) is 0 Å². The fraction of sp³-hybridized carbons (Fsp3) is 0. The summed E-state index contributed by atoms with van der Waals surface area (Å²) in [4.78, 5) is 4.26. The van der Waals surface area contributed by atoms with Crippen molar-refractivity contribution in [3.05, 3.63) is 194 Å². The van der Waals surface area contributed by atoms with Crippen LogP contribution in [0.3, 0.4) is 0 Å². The molecule has 0 saturated heterocycles. The number of furan rings is 2. The summed E-state index contributed by atoms with van der Waals surface area (Å²) in [6, 6.07) is 58.3. The zero-order chi connectivity index (χ0) is 40.3. The van der Waals surface area contributed by atoms with E-state index in [9.17, 15) is 8.78 Å². The van der Waals surface area contributed by atoms with Crippen LogP contribution in [0.25, 0.3) is 76.2 Å². The Bertz CT molecular complexity index is 3780. The molecule has 3 heterocycles. The summed E-state index contributed by atoms with van der Waals surface area (Å²) in [6.07, 6.45) is 0. The molecule has 61 heavy (non-hydrogen) atoms. The van der Waals surface area contributed by atoms with Gasteiger partial charge in [0.1, 0.15) is 34.3 Å². The van der Waals surface area contributed by atoms with Crippen molar-refractivity contribution in [2.24, 2.45) is 0 Å². The van der Waals surface area contributed by atoms with E-state index in [1.807, 2.05) is 66.7 Å². The van der Waals surface area contributed by atoms with Crippen molar-refractivity contribution < 1.29 is 22.4 Å². The van der Waals surface area contributed by atoms with Crippen molar-refractivity contribution >= 4 is 110 Å². The van der Waals surface area contributed by atoms with Gasteiger partial charge in [-0.05, 0) is 102 Å². The van der Waals surface area contributed by atoms with Crippen LogP contribution >= 0.6 is 0 Å². The number of para-hydroxylation sites is 4. The molecule has 0 atom stereocenters. The number of fused-ring (bicyclic) bond motifs is 6. The summed E-state index contributed by atoms with van der Waals surface area (Å²) in [5.74, 6) is 0.790. The molecule has 0 fully saturated rings. The molecule has 13 rings (SSSR count). The van der Waals surface area contributed by atoms with Crippen LogP contribution in [0.1, 0.15) is 0 Å². The van der Waals surface area contributed by atoms with Crippen LogP contribution in [-0.4, -0.2) is 0 Å². The van der Waals surface area contributed by atoms with Gasteiger partial charge in [-0.2, -0.15) is 0 Å². The minimum Gasteiger partial charge on any atom is -0.456 e. The number of rotatable bonds is 6. The van der Waals surface area contributed by atoms with Gasteiger partial charge in [0.25, 0.3) is 0 Å². The third-order valence-electron chi connectivity index (χ3n) is 12.1. The molecule has 12 aromatic rings. The Morgan fingerprint density at radius 2 is 0.869 bits per heavy atom. The standard InChI is InChI=1S/C54H30F2N2O3/c55-33-20-24-35(25-21-33)57(43-13-5-10-40-38-8-1-3-15-46(38)60-53(40)43)37-28-31-18-19-32-29-45(42-12-7-17-48-52(42)51(32)50(31)49(30-37)59-48)58(36-26-22-34(56)23-27-36)44-14-6-11-41-39-9-2-4-16-47(39)61-54(41)44/h1-30H. The lowest BCUT2D eigenvalue weighted by atomic mass is 9.91. The fourth-order valence-corrected chi connectivity index (χ4v) is 9.48. The molecule has 0 bridgehead atoms. The summed E-state index contributed by atoms with van der Waals surface area (Å²) in [5.41, 5.74) is 7.97. The van der Waals surface area contributed by atoms with E-state index < -0.39 is 0 Å². The van der Waals surface area contributed by atoms with Crippen molar-refractivity contribution in [3.8, 4) is 11.5 Å². The molecule has 1 aliphatic heterocycles. The zero-order valence-corrected chi connectivity index (χ0v) is 32.2. The maximum Gasteiger partial charge on any atom is 0.159 e. The van der Waals surface area contributed by atoms with Gasteiger partial charge in [-0.3, -0.25) is 0 Å². The SMILES string of the molecule is Fc1ccc(N(c2cc3c4c(ccc5cc(N(c6ccc(F)cc6)c6cccc7c6oc6ccccc67)c6cccc(c6c54)O3)c2)c2cccc3c2oc2ccccc23)cc1. The highest BCUT2D eigenvalue weighted by molar-refractivity contribution is 6.28. The first-order chi connectivity index (χ1) is 30.1. The van der Waals surface area contributed by atoms with Gasteiger partial charge in [-0.15, -0.1) is 0 Å². The van der Waals surface area contributed by atoms with Crippen molar-refractivity contribution in [2.75, 3.05) is 9.80 Å². The maximum absolute atomic E-state index is 14.5. The lowest BCUT2D eigenvalue weighted by Gasteiger charge is -2.30. The molecule has 288 valence electrons. The Kier molecular flexibility index (Phi) is 7.02. The lowest BCUT2D eigenvalue weighted by Crippen LogP contribution is -2.12. The van der Waals surface area contributed by atoms with E-state index in [1.54, 1.807) is 24.3 Å². The van der Waals surface area contributed by atoms with E-state index in [2.05, 4.69) is 76.5 Å². The Balaban J connectivity index is 1.05. The Hall–Kier alpha value is -8.16. The van der Waals surface area contributed by atoms with E-state index in [-0.39, 0.29) is 11.6 Å². The Morgan fingerprint density at radius 3 is 1.51 bits per heavy atom. The minimum absolute atomic E-state index is 0.315. The van der Waals surface area contributed by atoms with Gasteiger partial charge in [0.2, 0.25) is 0 Å². The first-order valence-electron chi connectivity index (χ1n) is 20.1. The number of hydrogen-bond donors (Lipinski definition) is 0. The Morgan fingerprint density at radius 1 is 0.344 bits per heavy atom. The average Bonchev–Trinajstić information content (AvgIpc) is 3.88. The van der Waals surface area contributed by atoms with E-state index in [0.717, 1.165) is 116 Å². The van der Waals surface area contributed by atoms with E-state index in [4.69, 9.17) is 13.6 Å². The first-order valence-corrected chi connectivity index (χ1v) is 20.1. The van der Waals surface area contributed by atoms with Gasteiger partial charge in [-0.1, -0.05) is 84.9 Å². The number of hydrogen-bond acceptors (Lipinski definition) is 5. The number of halogens is 2. The van der Waals surface area contributed by atoms with Crippen LogP contribution in [-0.2, 0) is 0 Å². The third-order valence-corrected chi connectivity index (χ3v) is 12.1. The molecule has 0 unspecified atom stereocenters. The smallest absolute Gasteiger partial charge is 0.159 e. The number of anilines is 6. The second kappa shape index (κ2) is 12.7. The molecule has 2 aromatic heterocycles. The zero-order valence-electron chi connectivity index (χ0n) is 32.2. The van der Waals surface area contributed by atoms with E-state index >= 15 is 0 Å². The van der Waals surface area contributed by atoms with E-state index in [1.165, 1.54) is 24.3 Å². The second-order valence-corrected chi connectivity index (χ2v) is 15.5. The van der Waals surface area contributed by atoms with Gasteiger partial charge < -0.3 is 23.4 Å². The van der Waals surface area contributed by atoms with Crippen molar-refractivity contribution in [1.29, 1.82) is 0 Å². The second-order valence-electron chi connectivity index (χ2n) is 15.5. The molecule has 0 aliphatic carbocycles. The van der Waals surface area contributed by atoms with Gasteiger partial charge in [0.05, 0.1) is 22.7 Å². The van der Waals surface area contributed by atoms with Crippen LogP contribution in [0.5, 0.6) is 11.5 Å². The summed E-state index contributed by atoms with van der Waals surface area (Å²) >= 11 is 0. The van der Waals surface area contributed by atoms with Gasteiger partial charge in [0.15, 0.2) is 11.2 Å². The van der Waals surface area contributed by atoms with Crippen LogP contribution in [0.4, 0.5) is 42.9 Å². The van der Waals surface area contributed by atoms with E-state index in [0.29, 0.717) is 5.75 Å². The summed E-state index contributed by atoms with van der Waals surface area (Å²) in [5, 5.41) is 10.0. The molecule has 1 aliphatic rings. The van der Waals surface area contributed by atoms with Crippen LogP contribution < -0.4 is 14.5 Å². The fourth-order valence-electron chi connectivity index (χ4n) is 9.48. The normalized spacial score (nSPS) is 12.2. The Labute approximate surface area is 346 Å².